The molecule has 1 amide bonds. The van der Waals surface area contributed by atoms with Crippen molar-refractivity contribution >= 4 is 11.7 Å². The second-order valence-electron chi connectivity index (χ2n) is 9.75. The van der Waals surface area contributed by atoms with Gasteiger partial charge in [-0.05, 0) is 76.1 Å². The minimum atomic E-state index is -0.382. The molecule has 3 heteroatoms. The highest BCUT2D eigenvalue weighted by Gasteiger charge is 2.37. The number of amides is 1. The predicted octanol–water partition coefficient (Wildman–Crippen LogP) is 6.47. The smallest absolute Gasteiger partial charge is 0.410 e. The van der Waals surface area contributed by atoms with Crippen LogP contribution in [0.1, 0.15) is 68.4 Å². The molecule has 0 N–H and O–H groups in total. The molecule has 0 aromatic heterocycles. The van der Waals surface area contributed by atoms with Gasteiger partial charge in [0.15, 0.2) is 0 Å². The van der Waals surface area contributed by atoms with E-state index in [0.29, 0.717) is 5.75 Å². The van der Waals surface area contributed by atoms with Crippen LogP contribution < -0.4 is 4.74 Å². The van der Waals surface area contributed by atoms with Crippen molar-refractivity contribution in [3.8, 4) is 5.75 Å². The van der Waals surface area contributed by atoms with Gasteiger partial charge in [-0.25, -0.2) is 4.79 Å². The van der Waals surface area contributed by atoms with Crippen LogP contribution in [0.15, 0.2) is 43.0 Å². The van der Waals surface area contributed by atoms with Gasteiger partial charge in [-0.3, -0.25) is 0 Å². The van der Waals surface area contributed by atoms with Crippen molar-refractivity contribution in [2.24, 2.45) is 0 Å². The molecule has 0 bridgehead atoms. The summed E-state index contributed by atoms with van der Waals surface area (Å²) in [5.41, 5.74) is 7.74. The van der Waals surface area contributed by atoms with Crippen molar-refractivity contribution in [3.63, 3.8) is 0 Å². The molecular weight excluding hydrogens is 358 g/mol. The Bertz CT molecular complexity index is 949. The molecule has 2 aromatic rings. The van der Waals surface area contributed by atoms with E-state index in [0.717, 1.165) is 11.1 Å². The fraction of sp³-hybridized carbons (Fsp3) is 0.423. The predicted molar refractivity (Wildman–Crippen MR) is 121 cm³/mol. The number of carbonyl (C=O) groups is 1. The van der Waals surface area contributed by atoms with Gasteiger partial charge in [0.2, 0.25) is 0 Å². The first kappa shape index (κ1) is 21.2. The summed E-state index contributed by atoms with van der Waals surface area (Å²) < 4.78 is 5.32. The average molecular weight is 392 g/mol. The van der Waals surface area contributed by atoms with Crippen LogP contribution in [-0.4, -0.2) is 25.1 Å². The van der Waals surface area contributed by atoms with Gasteiger partial charge in [-0.1, -0.05) is 58.5 Å². The Kier molecular flexibility index (Phi) is 5.38. The highest BCUT2D eigenvalue weighted by Crippen LogP contribution is 2.47. The highest BCUT2D eigenvalue weighted by molar-refractivity contribution is 5.81. The second kappa shape index (κ2) is 7.37. The molecule has 29 heavy (non-hydrogen) atoms. The molecule has 0 saturated heterocycles. The molecule has 0 unspecified atom stereocenters. The molecule has 3 rings (SSSR count). The number of rotatable bonds is 3. The summed E-state index contributed by atoms with van der Waals surface area (Å²) in [5.74, 6) is 0.533. The van der Waals surface area contributed by atoms with Crippen LogP contribution in [0.2, 0.25) is 0 Å². The highest BCUT2D eigenvalue weighted by atomic mass is 16.6. The molecule has 3 nitrogen and oxygen atoms in total. The summed E-state index contributed by atoms with van der Waals surface area (Å²) in [6, 6.07) is 12.3. The fourth-order valence-corrected chi connectivity index (χ4v) is 4.12. The summed E-state index contributed by atoms with van der Waals surface area (Å²) in [4.78, 5) is 13.1. The van der Waals surface area contributed by atoms with Gasteiger partial charge in [-0.15, -0.1) is 0 Å². The van der Waals surface area contributed by atoms with Crippen LogP contribution in [0.3, 0.4) is 0 Å². The molecule has 154 valence electrons. The standard InChI is InChI=1S/C26H33NO2/c1-17-15-22-23(26(5,6)14-13-25(22,3)4)16-21(17)18(2)19-9-11-20(12-10-19)29-24(28)27(7)8/h9-12,15-16H,2,13-14H2,1,3-8H3. The minimum absolute atomic E-state index is 0.165. The Hall–Kier alpha value is -2.55. The van der Waals surface area contributed by atoms with Crippen LogP contribution in [0.5, 0.6) is 5.75 Å². The maximum absolute atomic E-state index is 11.7. The lowest BCUT2D eigenvalue weighted by Crippen LogP contribution is -2.34. The topological polar surface area (TPSA) is 29.5 Å². The number of hydrogen-bond donors (Lipinski definition) is 0. The van der Waals surface area contributed by atoms with Crippen molar-refractivity contribution < 1.29 is 9.53 Å². The fourth-order valence-electron chi connectivity index (χ4n) is 4.12. The number of aryl methyl sites for hydroxylation is 1. The second-order valence-corrected chi connectivity index (χ2v) is 9.75. The normalized spacial score (nSPS) is 16.7. The number of benzene rings is 2. The number of fused-ring (bicyclic) bond motifs is 1. The molecule has 0 aliphatic heterocycles. The third-order valence-electron chi connectivity index (χ3n) is 6.30. The van der Waals surface area contributed by atoms with Gasteiger partial charge >= 0.3 is 6.09 Å². The minimum Gasteiger partial charge on any atom is -0.410 e. The van der Waals surface area contributed by atoms with Crippen LogP contribution >= 0.6 is 0 Å². The lowest BCUT2D eigenvalue weighted by atomic mass is 9.62. The molecule has 0 radical (unpaired) electrons. The Balaban J connectivity index is 1.95. The number of hydrogen-bond acceptors (Lipinski definition) is 2. The van der Waals surface area contributed by atoms with Gasteiger partial charge in [-0.2, -0.15) is 0 Å². The summed E-state index contributed by atoms with van der Waals surface area (Å²) in [6.45, 7) is 16.0. The largest absolute Gasteiger partial charge is 0.414 e. The van der Waals surface area contributed by atoms with Gasteiger partial charge in [0, 0.05) is 14.1 Å². The quantitative estimate of drug-likeness (QED) is 0.600. The molecule has 0 heterocycles. The first-order valence-corrected chi connectivity index (χ1v) is 10.3. The molecule has 1 aliphatic carbocycles. The van der Waals surface area contributed by atoms with E-state index < -0.39 is 0 Å². The van der Waals surface area contributed by atoms with E-state index in [1.165, 1.54) is 40.0 Å². The van der Waals surface area contributed by atoms with E-state index in [4.69, 9.17) is 4.74 Å². The Morgan fingerprint density at radius 1 is 0.966 bits per heavy atom. The van der Waals surface area contributed by atoms with E-state index in [-0.39, 0.29) is 16.9 Å². The summed E-state index contributed by atoms with van der Waals surface area (Å²) >= 11 is 0. The molecule has 1 aliphatic rings. The average Bonchev–Trinajstić information content (AvgIpc) is 2.65. The lowest BCUT2D eigenvalue weighted by Gasteiger charge is -2.42. The molecule has 2 aromatic carbocycles. The number of carbonyl (C=O) groups excluding carboxylic acids is 1. The van der Waals surface area contributed by atoms with Crippen LogP contribution in [0, 0.1) is 6.92 Å². The van der Waals surface area contributed by atoms with E-state index in [1.807, 2.05) is 24.3 Å². The Labute approximate surface area is 175 Å². The van der Waals surface area contributed by atoms with Crippen molar-refractivity contribution in [1.82, 2.24) is 4.90 Å². The molecule has 0 spiro atoms. The summed E-state index contributed by atoms with van der Waals surface area (Å²) in [7, 11) is 3.33. The number of ether oxygens (including phenoxy) is 1. The van der Waals surface area contributed by atoms with Crippen LogP contribution in [-0.2, 0) is 10.8 Å². The summed E-state index contributed by atoms with van der Waals surface area (Å²) in [5, 5.41) is 0. The van der Waals surface area contributed by atoms with Gasteiger partial charge in [0.1, 0.15) is 5.75 Å². The molecular formula is C26H33NO2. The maximum atomic E-state index is 11.7. The van der Waals surface area contributed by atoms with Gasteiger partial charge in [0.25, 0.3) is 0 Å². The maximum Gasteiger partial charge on any atom is 0.414 e. The van der Waals surface area contributed by atoms with E-state index in [9.17, 15) is 4.79 Å². The molecule has 0 fully saturated rings. The first-order chi connectivity index (χ1) is 13.4. The van der Waals surface area contributed by atoms with Crippen molar-refractivity contribution in [2.45, 2.75) is 58.3 Å². The third kappa shape index (κ3) is 4.10. The number of nitrogens with zero attached hydrogens (tertiary/aromatic N) is 1. The van der Waals surface area contributed by atoms with E-state index in [1.54, 1.807) is 14.1 Å². The third-order valence-corrected chi connectivity index (χ3v) is 6.30. The van der Waals surface area contributed by atoms with E-state index in [2.05, 4.69) is 53.3 Å². The van der Waals surface area contributed by atoms with Gasteiger partial charge in [0.05, 0.1) is 0 Å². The van der Waals surface area contributed by atoms with Gasteiger partial charge < -0.3 is 9.64 Å². The zero-order chi connectivity index (χ0) is 21.6. The molecule has 0 saturated carbocycles. The van der Waals surface area contributed by atoms with Crippen LogP contribution in [0.25, 0.3) is 5.57 Å². The summed E-state index contributed by atoms with van der Waals surface area (Å²) in [6.07, 6.45) is 2.01. The van der Waals surface area contributed by atoms with Crippen molar-refractivity contribution in [1.29, 1.82) is 0 Å². The SMILES string of the molecule is C=C(c1ccc(OC(=O)N(C)C)cc1)c1cc2c(cc1C)C(C)(C)CCC2(C)C. The Morgan fingerprint density at radius 3 is 2.00 bits per heavy atom. The Morgan fingerprint density at radius 2 is 1.48 bits per heavy atom. The van der Waals surface area contributed by atoms with Crippen LogP contribution in [0.4, 0.5) is 4.79 Å². The van der Waals surface area contributed by atoms with E-state index >= 15 is 0 Å². The van der Waals surface area contributed by atoms with Crippen molar-refractivity contribution in [2.75, 3.05) is 14.1 Å². The monoisotopic (exact) mass is 391 g/mol. The molecule has 0 atom stereocenters. The zero-order valence-electron chi connectivity index (χ0n) is 18.8. The zero-order valence-corrected chi connectivity index (χ0v) is 18.8. The lowest BCUT2D eigenvalue weighted by molar-refractivity contribution is 0.172. The first-order valence-electron chi connectivity index (χ1n) is 10.3. The van der Waals surface area contributed by atoms with Crippen molar-refractivity contribution in [3.05, 3.63) is 70.8 Å².